The lowest BCUT2D eigenvalue weighted by molar-refractivity contribution is 0.0690. The molecule has 2 aromatic carbocycles. The number of hydrazine groups is 1. The molecule has 0 spiro atoms. The minimum atomic E-state index is -0.305. The molecule has 112 valence electrons. The average Bonchev–Trinajstić information content (AvgIpc) is 2.76. The van der Waals surface area contributed by atoms with Gasteiger partial charge in [0, 0.05) is 14.3 Å². The zero-order valence-electron chi connectivity index (χ0n) is 10.7. The molecule has 3 rings (SSSR count). The number of amides is 2. The van der Waals surface area contributed by atoms with E-state index in [1.54, 1.807) is 0 Å². The normalized spacial score (nSPS) is 13.5. The molecule has 0 atom stereocenters. The Morgan fingerprint density at radius 1 is 0.727 bits per heavy atom. The molecule has 0 aliphatic carbocycles. The fraction of sp³-hybridized carbons (Fsp3) is 0. The number of halogens is 4. The van der Waals surface area contributed by atoms with E-state index in [0.717, 1.165) is 19.3 Å². The molecular weight excluding hydrogens is 736 g/mol. The highest BCUT2D eigenvalue weighted by Gasteiger charge is 2.41. The van der Waals surface area contributed by atoms with Gasteiger partial charge in [-0.3, -0.25) is 15.0 Å². The van der Waals surface area contributed by atoms with Gasteiger partial charge in [-0.1, -0.05) is 18.2 Å². The first kappa shape index (κ1) is 17.1. The Kier molecular flexibility index (Phi) is 5.19. The van der Waals surface area contributed by atoms with Gasteiger partial charge in [-0.05, 0) is 102 Å². The lowest BCUT2D eigenvalue weighted by Gasteiger charge is -2.16. The van der Waals surface area contributed by atoms with Crippen molar-refractivity contribution in [3.63, 3.8) is 0 Å². The monoisotopic (exact) mass is 742 g/mol. The number of benzene rings is 2. The number of imide groups is 1. The number of hydrogen-bond donors (Lipinski definition) is 1. The van der Waals surface area contributed by atoms with E-state index in [-0.39, 0.29) is 11.8 Å². The fourth-order valence-electron chi connectivity index (χ4n) is 2.09. The summed E-state index contributed by atoms with van der Waals surface area (Å²) in [5.41, 5.74) is 4.58. The van der Waals surface area contributed by atoms with Gasteiger partial charge < -0.3 is 0 Å². The summed E-state index contributed by atoms with van der Waals surface area (Å²) in [6.07, 6.45) is 0. The zero-order valence-corrected chi connectivity index (χ0v) is 19.3. The minimum absolute atomic E-state index is 0.305. The van der Waals surface area contributed by atoms with E-state index in [1.165, 1.54) is 0 Å². The third-order valence-corrected chi connectivity index (χ3v) is 10.5. The van der Waals surface area contributed by atoms with Crippen molar-refractivity contribution < 1.29 is 9.59 Å². The molecule has 0 saturated carbocycles. The van der Waals surface area contributed by atoms with Crippen molar-refractivity contribution in [3.05, 3.63) is 55.7 Å². The summed E-state index contributed by atoms with van der Waals surface area (Å²) in [6.45, 7) is 0. The molecule has 2 aromatic rings. The molecule has 1 N–H and O–H groups in total. The highest BCUT2D eigenvalue weighted by atomic mass is 127. The van der Waals surface area contributed by atoms with Gasteiger partial charge in [0.05, 0.1) is 16.8 Å². The van der Waals surface area contributed by atoms with Crippen LogP contribution < -0.4 is 5.43 Å². The number of carbonyl (C=O) groups excluding carboxylic acids is 2. The molecule has 0 saturated heterocycles. The van der Waals surface area contributed by atoms with Crippen LogP contribution in [0.1, 0.15) is 20.7 Å². The third kappa shape index (κ3) is 2.76. The van der Waals surface area contributed by atoms with E-state index in [0.29, 0.717) is 16.8 Å². The van der Waals surface area contributed by atoms with Crippen LogP contribution in [-0.4, -0.2) is 16.8 Å². The van der Waals surface area contributed by atoms with E-state index in [1.807, 2.05) is 30.3 Å². The average molecular weight is 742 g/mol. The molecule has 0 unspecified atom stereocenters. The second-order valence-electron chi connectivity index (χ2n) is 4.43. The Morgan fingerprint density at radius 3 is 1.64 bits per heavy atom. The lowest BCUT2D eigenvalue weighted by Crippen LogP contribution is -2.35. The Morgan fingerprint density at radius 2 is 1.18 bits per heavy atom. The van der Waals surface area contributed by atoms with Gasteiger partial charge in [0.15, 0.2) is 0 Å². The van der Waals surface area contributed by atoms with Gasteiger partial charge in [-0.15, -0.1) is 0 Å². The number of carbonyl (C=O) groups is 2. The Bertz CT molecular complexity index is 761. The number of nitrogens with zero attached hydrogens (tertiary/aromatic N) is 1. The number of fused-ring (bicyclic) bond motifs is 1. The molecule has 0 bridgehead atoms. The smallest absolute Gasteiger partial charge is 0.281 e. The number of nitrogens with one attached hydrogen (secondary N) is 1. The van der Waals surface area contributed by atoms with Gasteiger partial charge in [0.2, 0.25) is 0 Å². The largest absolute Gasteiger partial charge is 0.288 e. The van der Waals surface area contributed by atoms with E-state index in [9.17, 15) is 9.59 Å². The molecule has 0 aromatic heterocycles. The summed E-state index contributed by atoms with van der Waals surface area (Å²) in [6, 6.07) is 9.20. The molecule has 22 heavy (non-hydrogen) atoms. The first-order valence-corrected chi connectivity index (χ1v) is 10.3. The molecule has 2 amide bonds. The molecular formula is C14H6I4N2O2. The molecule has 1 heterocycles. The Balaban J connectivity index is 2.10. The summed E-state index contributed by atoms with van der Waals surface area (Å²) >= 11 is 8.70. The van der Waals surface area contributed by atoms with Crippen LogP contribution in [0.5, 0.6) is 0 Å². The van der Waals surface area contributed by atoms with Gasteiger partial charge in [-0.25, -0.2) is 0 Å². The summed E-state index contributed by atoms with van der Waals surface area (Å²) in [5, 5.41) is 1.09. The van der Waals surface area contributed by atoms with Crippen LogP contribution in [0.4, 0.5) is 5.69 Å². The maximum Gasteiger partial charge on any atom is 0.281 e. The summed E-state index contributed by atoms with van der Waals surface area (Å²) in [4.78, 5) is 25.4. The number of anilines is 1. The molecule has 1 aliphatic heterocycles. The first-order chi connectivity index (χ1) is 10.4. The van der Waals surface area contributed by atoms with Crippen LogP contribution >= 0.6 is 90.4 Å². The summed E-state index contributed by atoms with van der Waals surface area (Å²) < 4.78 is 3.66. The van der Waals surface area contributed by atoms with E-state index in [2.05, 4.69) is 95.8 Å². The van der Waals surface area contributed by atoms with Crippen LogP contribution in [0.2, 0.25) is 0 Å². The van der Waals surface area contributed by atoms with Crippen LogP contribution in [-0.2, 0) is 0 Å². The van der Waals surface area contributed by atoms with Crippen LogP contribution in [0.25, 0.3) is 0 Å². The molecule has 8 heteroatoms. The first-order valence-electron chi connectivity index (χ1n) is 6.00. The number of hydrogen-bond acceptors (Lipinski definition) is 3. The second kappa shape index (κ2) is 6.66. The molecule has 1 aliphatic rings. The maximum atomic E-state index is 12.7. The SMILES string of the molecule is O=C1c2c(I)c(I)c(I)c(I)c2C(=O)N1Nc1ccccc1. The van der Waals surface area contributed by atoms with E-state index >= 15 is 0 Å². The second-order valence-corrected chi connectivity index (χ2v) is 8.74. The Labute approximate surface area is 181 Å². The lowest BCUT2D eigenvalue weighted by atomic mass is 10.1. The fourth-order valence-corrected chi connectivity index (χ4v) is 5.74. The van der Waals surface area contributed by atoms with Gasteiger partial charge >= 0.3 is 0 Å². The van der Waals surface area contributed by atoms with Crippen molar-refractivity contribution in [3.8, 4) is 0 Å². The zero-order chi connectivity index (χ0) is 16.0. The van der Waals surface area contributed by atoms with Crippen molar-refractivity contribution >= 4 is 108 Å². The maximum absolute atomic E-state index is 12.7. The Hall–Kier alpha value is 0.300. The number of rotatable bonds is 2. The highest BCUT2D eigenvalue weighted by molar-refractivity contribution is 14.1. The molecule has 4 nitrogen and oxygen atoms in total. The predicted octanol–water partition coefficient (Wildman–Crippen LogP) is 4.73. The third-order valence-electron chi connectivity index (χ3n) is 3.12. The predicted molar refractivity (Wildman–Crippen MR) is 118 cm³/mol. The quantitative estimate of drug-likeness (QED) is 0.210. The van der Waals surface area contributed by atoms with Gasteiger partial charge in [0.25, 0.3) is 11.8 Å². The van der Waals surface area contributed by atoms with Gasteiger partial charge in [0.1, 0.15) is 0 Å². The minimum Gasteiger partial charge on any atom is -0.288 e. The number of para-hydroxylation sites is 1. The highest BCUT2D eigenvalue weighted by Crippen LogP contribution is 2.37. The van der Waals surface area contributed by atoms with Crippen LogP contribution in [0.3, 0.4) is 0 Å². The summed E-state index contributed by atoms with van der Waals surface area (Å²) in [5.74, 6) is -0.610. The van der Waals surface area contributed by atoms with Crippen molar-refractivity contribution in [2.75, 3.05) is 5.43 Å². The van der Waals surface area contributed by atoms with Crippen LogP contribution in [0.15, 0.2) is 30.3 Å². The standard InChI is InChI=1S/C14H6I4N2O2/c15-9-7-8(10(16)12(18)11(9)17)14(22)20(13(7)21)19-6-4-2-1-3-5-6/h1-5,19H. The van der Waals surface area contributed by atoms with Gasteiger partial charge in [-0.2, -0.15) is 5.01 Å². The topological polar surface area (TPSA) is 49.4 Å². The van der Waals surface area contributed by atoms with E-state index in [4.69, 9.17) is 0 Å². The van der Waals surface area contributed by atoms with Crippen molar-refractivity contribution in [1.82, 2.24) is 5.01 Å². The van der Waals surface area contributed by atoms with Crippen molar-refractivity contribution in [2.24, 2.45) is 0 Å². The molecule has 0 fully saturated rings. The summed E-state index contributed by atoms with van der Waals surface area (Å²) in [7, 11) is 0. The molecule has 0 radical (unpaired) electrons. The van der Waals surface area contributed by atoms with Crippen molar-refractivity contribution in [1.29, 1.82) is 0 Å². The van der Waals surface area contributed by atoms with E-state index < -0.39 is 0 Å². The van der Waals surface area contributed by atoms with Crippen LogP contribution in [0, 0.1) is 14.3 Å². The van der Waals surface area contributed by atoms with Crippen molar-refractivity contribution in [2.45, 2.75) is 0 Å².